The molecule has 0 saturated heterocycles. The van der Waals surface area contributed by atoms with Gasteiger partial charge in [-0.3, -0.25) is 9.59 Å². The van der Waals surface area contributed by atoms with Crippen LogP contribution >= 0.6 is 0 Å². The molecule has 0 unspecified atom stereocenters. The van der Waals surface area contributed by atoms with E-state index in [1.807, 2.05) is 107 Å². The fourth-order valence-corrected chi connectivity index (χ4v) is 7.15. The Kier molecular flexibility index (Phi) is 8.96. The fraction of sp³-hybridized carbons (Fsp3) is 0.348. The molecular formula is C46H44N4O2. The average Bonchev–Trinajstić information content (AvgIpc) is 3.68. The molecule has 0 atom stereocenters. The molecule has 0 radical (unpaired) electrons. The smallest absolute Gasteiger partial charge is 0.186 e. The van der Waals surface area contributed by atoms with E-state index in [9.17, 15) is 30.6 Å². The highest BCUT2D eigenvalue weighted by Gasteiger charge is 2.47. The van der Waals surface area contributed by atoms with Crippen LogP contribution in [0.2, 0.25) is 0 Å². The van der Waals surface area contributed by atoms with Gasteiger partial charge in [0.05, 0.1) is 0 Å². The van der Waals surface area contributed by atoms with Gasteiger partial charge >= 0.3 is 0 Å². The van der Waals surface area contributed by atoms with Gasteiger partial charge in [-0.05, 0) is 79.4 Å². The van der Waals surface area contributed by atoms with Gasteiger partial charge in [-0.25, -0.2) is 0 Å². The fourth-order valence-electron chi connectivity index (χ4n) is 7.15. The van der Waals surface area contributed by atoms with Crippen LogP contribution in [-0.2, 0) is 9.59 Å². The van der Waals surface area contributed by atoms with Crippen molar-refractivity contribution in [1.29, 1.82) is 21.0 Å². The molecule has 52 heavy (non-hydrogen) atoms. The van der Waals surface area contributed by atoms with Crippen molar-refractivity contribution in [2.45, 2.75) is 83.1 Å². The SMILES string of the molecule is CC(C)(C)C1=CC(=C2C(=C3C=C(C(C)(C)C)C(=O)C(C(C)(C)C)=C3)C2=C2C(=C(C#N)C#N)c3ccccc3C2=C(C#N)C#N)C=C(C(C)(C)C)C1=O. The zero-order valence-electron chi connectivity index (χ0n) is 32.2. The van der Waals surface area contributed by atoms with Crippen LogP contribution in [0.3, 0.4) is 0 Å². The summed E-state index contributed by atoms with van der Waals surface area (Å²) >= 11 is 0. The van der Waals surface area contributed by atoms with Crippen molar-refractivity contribution in [3.8, 4) is 24.3 Å². The molecule has 0 heterocycles. The summed E-state index contributed by atoms with van der Waals surface area (Å²) in [7, 11) is 0. The third-order valence-corrected chi connectivity index (χ3v) is 9.84. The highest BCUT2D eigenvalue weighted by molar-refractivity contribution is 6.18. The van der Waals surface area contributed by atoms with Gasteiger partial charge in [-0.1, -0.05) is 107 Å². The second kappa shape index (κ2) is 12.4. The second-order valence-corrected chi connectivity index (χ2v) is 17.8. The van der Waals surface area contributed by atoms with E-state index in [4.69, 9.17) is 0 Å². The molecule has 1 aromatic carbocycles. The van der Waals surface area contributed by atoms with Gasteiger partial charge in [0.25, 0.3) is 0 Å². The Morgan fingerprint density at radius 1 is 0.442 bits per heavy atom. The van der Waals surface area contributed by atoms with E-state index in [1.165, 1.54) is 0 Å². The Morgan fingerprint density at radius 3 is 0.942 bits per heavy atom. The summed E-state index contributed by atoms with van der Waals surface area (Å²) in [6.45, 7) is 24.1. The Hall–Kier alpha value is -5.82. The summed E-state index contributed by atoms with van der Waals surface area (Å²) in [4.78, 5) is 28.1. The minimum absolute atomic E-state index is 0.0246. The maximum Gasteiger partial charge on any atom is 0.186 e. The first kappa shape index (κ1) is 37.4. The molecule has 6 nitrogen and oxygen atoms in total. The molecular weight excluding hydrogens is 641 g/mol. The normalized spacial score (nSPS) is 17.8. The lowest BCUT2D eigenvalue weighted by molar-refractivity contribution is -0.114. The molecule has 4 aliphatic carbocycles. The topological polar surface area (TPSA) is 129 Å². The third kappa shape index (κ3) is 6.21. The molecule has 0 N–H and O–H groups in total. The van der Waals surface area contributed by atoms with Crippen molar-refractivity contribution in [2.24, 2.45) is 21.7 Å². The van der Waals surface area contributed by atoms with Crippen LogP contribution in [0.5, 0.6) is 0 Å². The van der Waals surface area contributed by atoms with E-state index in [0.29, 0.717) is 55.7 Å². The second-order valence-electron chi connectivity index (χ2n) is 17.8. The first-order valence-corrected chi connectivity index (χ1v) is 17.4. The molecule has 5 rings (SSSR count). The van der Waals surface area contributed by atoms with Crippen molar-refractivity contribution in [2.75, 3.05) is 0 Å². The quantitative estimate of drug-likeness (QED) is 0.250. The molecule has 1 fully saturated rings. The number of benzene rings is 1. The molecule has 0 aromatic heterocycles. The largest absolute Gasteiger partial charge is 0.289 e. The number of hydrogen-bond acceptors (Lipinski definition) is 6. The van der Waals surface area contributed by atoms with Crippen LogP contribution in [0.25, 0.3) is 11.1 Å². The molecule has 0 bridgehead atoms. The number of hydrogen-bond donors (Lipinski definition) is 0. The van der Waals surface area contributed by atoms with Gasteiger partial charge in [0.2, 0.25) is 0 Å². The average molecular weight is 685 g/mol. The molecule has 1 saturated carbocycles. The zero-order chi connectivity index (χ0) is 38.9. The van der Waals surface area contributed by atoms with Gasteiger partial charge in [-0.15, -0.1) is 0 Å². The summed E-state index contributed by atoms with van der Waals surface area (Å²) in [5.74, 6) is -0.0492. The molecule has 1 aromatic rings. The third-order valence-electron chi connectivity index (χ3n) is 9.84. The van der Waals surface area contributed by atoms with Crippen molar-refractivity contribution < 1.29 is 9.59 Å². The number of Topliss-reactive ketones (excluding diaryl/α,β-unsaturated/α-hetero) is 2. The Labute approximate surface area is 308 Å². The highest BCUT2D eigenvalue weighted by Crippen LogP contribution is 2.61. The van der Waals surface area contributed by atoms with E-state index < -0.39 is 21.7 Å². The number of carbonyl (C=O) groups is 2. The van der Waals surface area contributed by atoms with E-state index >= 15 is 0 Å². The number of nitrogens with zero attached hydrogens (tertiary/aromatic N) is 4. The van der Waals surface area contributed by atoms with E-state index in [2.05, 4.69) is 24.3 Å². The lowest BCUT2D eigenvalue weighted by Crippen LogP contribution is -2.28. The number of allylic oxidation sites excluding steroid dienone is 18. The van der Waals surface area contributed by atoms with Crippen LogP contribution in [-0.4, -0.2) is 11.6 Å². The summed E-state index contributed by atoms with van der Waals surface area (Å²) < 4.78 is 0. The first-order chi connectivity index (χ1) is 24.0. The summed E-state index contributed by atoms with van der Waals surface area (Å²) in [5, 5.41) is 41.3. The van der Waals surface area contributed by atoms with Gasteiger partial charge in [0, 0.05) is 44.6 Å². The minimum atomic E-state index is -0.498. The lowest BCUT2D eigenvalue weighted by atomic mass is 9.71. The molecule has 6 heteroatoms. The van der Waals surface area contributed by atoms with Crippen LogP contribution in [0.1, 0.15) is 94.2 Å². The maximum atomic E-state index is 14.1. The van der Waals surface area contributed by atoms with Gasteiger partial charge in [0.15, 0.2) is 11.6 Å². The zero-order valence-corrected chi connectivity index (χ0v) is 32.2. The Morgan fingerprint density at radius 2 is 0.712 bits per heavy atom. The molecule has 0 spiro atoms. The molecule has 4 aliphatic rings. The number of carbonyl (C=O) groups excluding carboxylic acids is 2. The Bertz CT molecular complexity index is 2100. The van der Waals surface area contributed by atoms with Gasteiger partial charge < -0.3 is 0 Å². The predicted molar refractivity (Wildman–Crippen MR) is 204 cm³/mol. The van der Waals surface area contributed by atoms with Crippen LogP contribution < -0.4 is 0 Å². The van der Waals surface area contributed by atoms with Gasteiger partial charge in [0.1, 0.15) is 35.4 Å². The van der Waals surface area contributed by atoms with Crippen molar-refractivity contribution in [1.82, 2.24) is 0 Å². The minimum Gasteiger partial charge on any atom is -0.289 e. The maximum absolute atomic E-state index is 14.1. The van der Waals surface area contributed by atoms with E-state index in [0.717, 1.165) is 22.3 Å². The van der Waals surface area contributed by atoms with E-state index in [1.54, 1.807) is 24.3 Å². The number of nitriles is 4. The number of ketones is 2. The standard InChI is InChI=1S/C46H44N4O2/c1-43(2,3)31-17-25(18-32(41(31)51)44(4,5)6)37-38(26-19-33(45(7,8)9)42(52)34(20-26)46(10,11)12)40(37)39-35(27(21-47)22-48)29-15-13-14-16-30(29)36(39)28(23-49)24-50/h13-20H,1-12H3. The summed E-state index contributed by atoms with van der Waals surface area (Å²) in [6.07, 6.45) is 7.71. The monoisotopic (exact) mass is 684 g/mol. The van der Waals surface area contributed by atoms with Gasteiger partial charge in [-0.2, -0.15) is 21.0 Å². The number of fused-ring (bicyclic) bond motifs is 1. The van der Waals surface area contributed by atoms with Crippen molar-refractivity contribution in [3.63, 3.8) is 0 Å². The molecule has 260 valence electrons. The predicted octanol–water partition coefficient (Wildman–Crippen LogP) is 10.3. The van der Waals surface area contributed by atoms with Crippen LogP contribution in [0.15, 0.2) is 115 Å². The lowest BCUT2D eigenvalue weighted by Gasteiger charge is -2.31. The van der Waals surface area contributed by atoms with Crippen molar-refractivity contribution >= 4 is 22.7 Å². The van der Waals surface area contributed by atoms with Crippen LogP contribution in [0, 0.1) is 67.0 Å². The molecule has 0 amide bonds. The first-order valence-electron chi connectivity index (χ1n) is 17.4. The van der Waals surface area contributed by atoms with Crippen molar-refractivity contribution in [3.05, 3.63) is 127 Å². The highest BCUT2D eigenvalue weighted by atomic mass is 16.1. The van der Waals surface area contributed by atoms with E-state index in [-0.39, 0.29) is 22.7 Å². The summed E-state index contributed by atoms with van der Waals surface area (Å²) in [6, 6.07) is 15.5. The Balaban J connectivity index is 2.14. The van der Waals surface area contributed by atoms with Crippen LogP contribution in [0.4, 0.5) is 0 Å². The summed E-state index contributed by atoms with van der Waals surface area (Å²) in [5.41, 5.74) is 6.35. The number of rotatable bonds is 0. The molecule has 0 aliphatic heterocycles.